The molecule has 1 heterocycles. The quantitative estimate of drug-likeness (QED) is 0.465. The van der Waals surface area contributed by atoms with E-state index in [1.54, 1.807) is 0 Å². The number of rotatable bonds is 0. The highest BCUT2D eigenvalue weighted by Gasteiger charge is 2.32. The minimum atomic E-state index is -1.32. The van der Waals surface area contributed by atoms with Crippen LogP contribution in [0.1, 0.15) is 0 Å². The van der Waals surface area contributed by atoms with Crippen molar-refractivity contribution < 1.29 is 4.74 Å². The van der Waals surface area contributed by atoms with Crippen molar-refractivity contribution in [1.29, 1.82) is 5.26 Å². The molecule has 0 aromatic heterocycles. The maximum Gasteiger partial charge on any atom is 0.246 e. The monoisotopic (exact) mass is 139 g/mol. The highest BCUT2D eigenvalue weighted by atomic mass is 16.5. The lowest BCUT2D eigenvalue weighted by Crippen LogP contribution is -2.52. The molecular formula is C6H9N3O. The van der Waals surface area contributed by atoms with Crippen molar-refractivity contribution in [1.82, 2.24) is 5.32 Å². The van der Waals surface area contributed by atoms with Crippen LogP contribution in [-0.4, -0.2) is 18.9 Å². The third kappa shape index (κ3) is 0.967. The molecule has 0 spiro atoms. The molecule has 0 bridgehead atoms. The lowest BCUT2D eigenvalue weighted by molar-refractivity contribution is 0.00682. The molecule has 1 aliphatic heterocycles. The number of nitrogens with two attached hydrogens (primary N) is 1. The summed E-state index contributed by atoms with van der Waals surface area (Å²) in [7, 11) is 0. The first-order valence-corrected chi connectivity index (χ1v) is 2.96. The molecule has 1 rings (SSSR count). The summed E-state index contributed by atoms with van der Waals surface area (Å²) in [6.07, 6.45) is 0. The summed E-state index contributed by atoms with van der Waals surface area (Å²) in [4.78, 5) is 0. The molecule has 1 aliphatic rings. The van der Waals surface area contributed by atoms with Gasteiger partial charge in [-0.2, -0.15) is 5.26 Å². The molecule has 4 nitrogen and oxygen atoms in total. The summed E-state index contributed by atoms with van der Waals surface area (Å²) in [5.41, 5.74) is 4.57. The van der Waals surface area contributed by atoms with Crippen LogP contribution in [0.4, 0.5) is 0 Å². The van der Waals surface area contributed by atoms with Gasteiger partial charge in [-0.25, -0.2) is 0 Å². The topological polar surface area (TPSA) is 71.1 Å². The lowest BCUT2D eigenvalue weighted by atomic mass is 10.2. The second-order valence-electron chi connectivity index (χ2n) is 2.10. The van der Waals surface area contributed by atoms with Gasteiger partial charge in [0.1, 0.15) is 6.07 Å². The van der Waals surface area contributed by atoms with Crippen LogP contribution in [0.5, 0.6) is 0 Å². The second kappa shape index (κ2) is 2.29. The van der Waals surface area contributed by atoms with Crippen LogP contribution < -0.4 is 11.1 Å². The van der Waals surface area contributed by atoms with Crippen molar-refractivity contribution in [2.45, 2.75) is 5.72 Å². The number of nitrogens with zero attached hydrogens (tertiary/aromatic N) is 1. The van der Waals surface area contributed by atoms with Crippen LogP contribution in [0.3, 0.4) is 0 Å². The van der Waals surface area contributed by atoms with Crippen LogP contribution in [0.15, 0.2) is 12.3 Å². The van der Waals surface area contributed by atoms with Gasteiger partial charge in [0, 0.05) is 6.54 Å². The van der Waals surface area contributed by atoms with Gasteiger partial charge in [0.05, 0.1) is 12.3 Å². The van der Waals surface area contributed by atoms with Crippen molar-refractivity contribution in [3.05, 3.63) is 12.3 Å². The number of nitrogens with one attached hydrogen (secondary N) is 1. The number of hydrogen-bond donors (Lipinski definition) is 2. The zero-order valence-corrected chi connectivity index (χ0v) is 5.55. The standard InChI is InChI=1S/C6H9N3O/c1-5-6(8,4-7)10-3-2-9-5/h9H,1-3,8H2. The summed E-state index contributed by atoms with van der Waals surface area (Å²) in [6.45, 7) is 4.67. The van der Waals surface area contributed by atoms with E-state index >= 15 is 0 Å². The van der Waals surface area contributed by atoms with E-state index < -0.39 is 5.72 Å². The predicted molar refractivity (Wildman–Crippen MR) is 35.6 cm³/mol. The Bertz CT molecular complexity index is 196. The molecule has 0 radical (unpaired) electrons. The van der Waals surface area contributed by atoms with Crippen molar-refractivity contribution in [3.63, 3.8) is 0 Å². The summed E-state index contributed by atoms with van der Waals surface area (Å²) in [5.74, 6) is 0. The molecule has 4 heteroatoms. The maximum absolute atomic E-state index is 8.52. The van der Waals surface area contributed by atoms with E-state index in [1.807, 2.05) is 6.07 Å². The van der Waals surface area contributed by atoms with Gasteiger partial charge in [0.15, 0.2) is 0 Å². The zero-order chi connectivity index (χ0) is 7.61. The molecule has 1 saturated heterocycles. The van der Waals surface area contributed by atoms with Gasteiger partial charge in [0.25, 0.3) is 0 Å². The zero-order valence-electron chi connectivity index (χ0n) is 5.55. The Labute approximate surface area is 59.3 Å². The smallest absolute Gasteiger partial charge is 0.246 e. The Morgan fingerprint density at radius 1 is 1.90 bits per heavy atom. The van der Waals surface area contributed by atoms with Crippen molar-refractivity contribution in [2.75, 3.05) is 13.2 Å². The third-order valence-corrected chi connectivity index (χ3v) is 1.38. The van der Waals surface area contributed by atoms with E-state index in [4.69, 9.17) is 15.7 Å². The molecule has 0 saturated carbocycles. The van der Waals surface area contributed by atoms with Gasteiger partial charge in [-0.15, -0.1) is 0 Å². The molecule has 1 unspecified atom stereocenters. The van der Waals surface area contributed by atoms with Gasteiger partial charge in [-0.3, -0.25) is 5.73 Å². The number of nitriles is 1. The summed E-state index contributed by atoms with van der Waals surface area (Å²) in [5, 5.41) is 11.4. The average molecular weight is 139 g/mol. The molecule has 0 aromatic carbocycles. The van der Waals surface area contributed by atoms with E-state index in [0.717, 1.165) is 0 Å². The van der Waals surface area contributed by atoms with Gasteiger partial charge in [0.2, 0.25) is 5.72 Å². The number of ether oxygens (including phenoxy) is 1. The van der Waals surface area contributed by atoms with Crippen molar-refractivity contribution >= 4 is 0 Å². The Morgan fingerprint density at radius 3 is 3.00 bits per heavy atom. The van der Waals surface area contributed by atoms with Crippen LogP contribution >= 0.6 is 0 Å². The van der Waals surface area contributed by atoms with Crippen LogP contribution in [-0.2, 0) is 4.74 Å². The second-order valence-corrected chi connectivity index (χ2v) is 2.10. The van der Waals surface area contributed by atoms with E-state index in [1.165, 1.54) is 0 Å². The molecule has 10 heavy (non-hydrogen) atoms. The van der Waals surface area contributed by atoms with Gasteiger partial charge in [-0.1, -0.05) is 6.58 Å². The fourth-order valence-electron chi connectivity index (χ4n) is 0.732. The first kappa shape index (κ1) is 7.06. The summed E-state index contributed by atoms with van der Waals surface area (Å²) in [6, 6.07) is 1.82. The van der Waals surface area contributed by atoms with Crippen molar-refractivity contribution in [3.8, 4) is 6.07 Å². The van der Waals surface area contributed by atoms with Gasteiger partial charge < -0.3 is 10.1 Å². The van der Waals surface area contributed by atoms with E-state index in [2.05, 4.69) is 11.9 Å². The van der Waals surface area contributed by atoms with Crippen LogP contribution in [0.2, 0.25) is 0 Å². The number of hydrogen-bond acceptors (Lipinski definition) is 4. The number of morpholine rings is 1. The fraction of sp³-hybridized carbons (Fsp3) is 0.500. The van der Waals surface area contributed by atoms with Crippen molar-refractivity contribution in [2.24, 2.45) is 5.73 Å². The molecule has 0 aromatic rings. The molecule has 3 N–H and O–H groups in total. The largest absolute Gasteiger partial charge is 0.382 e. The Hall–Kier alpha value is -1.05. The summed E-state index contributed by atoms with van der Waals surface area (Å²) < 4.78 is 4.98. The highest BCUT2D eigenvalue weighted by Crippen LogP contribution is 2.12. The molecular weight excluding hydrogens is 130 g/mol. The average Bonchev–Trinajstić information content (AvgIpc) is 1.96. The van der Waals surface area contributed by atoms with E-state index in [-0.39, 0.29) is 0 Å². The van der Waals surface area contributed by atoms with Gasteiger partial charge >= 0.3 is 0 Å². The first-order valence-electron chi connectivity index (χ1n) is 2.96. The maximum atomic E-state index is 8.52. The SMILES string of the molecule is C=C1NCCOC1(N)C#N. The molecule has 54 valence electrons. The highest BCUT2D eigenvalue weighted by molar-refractivity contribution is 5.21. The van der Waals surface area contributed by atoms with Crippen LogP contribution in [0.25, 0.3) is 0 Å². The fourth-order valence-corrected chi connectivity index (χ4v) is 0.732. The van der Waals surface area contributed by atoms with E-state index in [0.29, 0.717) is 18.8 Å². The minimum absolute atomic E-state index is 0.432. The molecule has 0 amide bonds. The first-order chi connectivity index (χ1) is 4.69. The molecule has 1 fully saturated rings. The predicted octanol–water partition coefficient (Wildman–Crippen LogP) is -0.702. The Morgan fingerprint density at radius 2 is 2.60 bits per heavy atom. The molecule has 1 atom stereocenters. The lowest BCUT2D eigenvalue weighted by Gasteiger charge is -2.29. The van der Waals surface area contributed by atoms with Gasteiger partial charge in [-0.05, 0) is 0 Å². The summed E-state index contributed by atoms with van der Waals surface area (Å²) >= 11 is 0. The minimum Gasteiger partial charge on any atom is -0.382 e. The Balaban J connectivity index is 2.75. The normalized spacial score (nSPS) is 32.6. The van der Waals surface area contributed by atoms with Crippen LogP contribution in [0, 0.1) is 11.3 Å². The third-order valence-electron chi connectivity index (χ3n) is 1.38. The Kier molecular flexibility index (Phi) is 1.62. The van der Waals surface area contributed by atoms with E-state index in [9.17, 15) is 0 Å². The molecule has 0 aliphatic carbocycles.